The summed E-state index contributed by atoms with van der Waals surface area (Å²) in [5.74, 6) is 0. The van der Waals surface area contributed by atoms with E-state index in [-0.39, 0.29) is 6.09 Å². The summed E-state index contributed by atoms with van der Waals surface area (Å²) in [6, 6.07) is 5.89. The van der Waals surface area contributed by atoms with E-state index in [2.05, 4.69) is 0 Å². The van der Waals surface area contributed by atoms with Crippen LogP contribution in [0.5, 0.6) is 0 Å². The van der Waals surface area contributed by atoms with Crippen LogP contribution in [0.4, 0.5) is 10.5 Å². The van der Waals surface area contributed by atoms with Crippen molar-refractivity contribution in [2.24, 2.45) is 5.73 Å². The molecule has 0 aliphatic carbocycles. The zero-order valence-corrected chi connectivity index (χ0v) is 8.69. The molecule has 0 radical (unpaired) electrons. The van der Waals surface area contributed by atoms with Gasteiger partial charge in [0.25, 0.3) is 0 Å². The molecule has 1 fully saturated rings. The fourth-order valence-electron chi connectivity index (χ4n) is 1.68. The second-order valence-corrected chi connectivity index (χ2v) is 3.59. The van der Waals surface area contributed by atoms with Crippen LogP contribution in [0, 0.1) is 6.92 Å². The molecule has 0 spiro atoms. The zero-order valence-electron chi connectivity index (χ0n) is 8.69. The summed E-state index contributed by atoms with van der Waals surface area (Å²) in [5, 5.41) is 0. The molecule has 0 saturated carbocycles. The Morgan fingerprint density at radius 1 is 1.53 bits per heavy atom. The smallest absolute Gasteiger partial charge is 0.414 e. The third kappa shape index (κ3) is 1.80. The second-order valence-electron chi connectivity index (χ2n) is 3.59. The maximum absolute atomic E-state index is 11.4. The fraction of sp³-hybridized carbons (Fsp3) is 0.364. The van der Waals surface area contributed by atoms with Gasteiger partial charge in [-0.2, -0.15) is 0 Å². The summed E-state index contributed by atoms with van der Waals surface area (Å²) < 4.78 is 4.90. The number of benzene rings is 1. The van der Waals surface area contributed by atoms with Crippen molar-refractivity contribution in [1.82, 2.24) is 0 Å². The van der Waals surface area contributed by atoms with Crippen molar-refractivity contribution in [1.29, 1.82) is 0 Å². The molecular formula is C11H14N2O2. The summed E-state index contributed by atoms with van der Waals surface area (Å²) in [6.45, 7) is 3.54. The average molecular weight is 206 g/mol. The number of ether oxygens (including phenoxy) is 1. The van der Waals surface area contributed by atoms with E-state index >= 15 is 0 Å². The minimum absolute atomic E-state index is 0.271. The summed E-state index contributed by atoms with van der Waals surface area (Å²) in [5.41, 5.74) is 8.56. The Kier molecular flexibility index (Phi) is 2.60. The fourth-order valence-corrected chi connectivity index (χ4v) is 1.68. The Labute approximate surface area is 88.6 Å². The molecule has 1 heterocycles. The highest BCUT2D eigenvalue weighted by atomic mass is 16.6. The van der Waals surface area contributed by atoms with E-state index in [1.807, 2.05) is 25.1 Å². The molecule has 1 aromatic carbocycles. The van der Waals surface area contributed by atoms with E-state index in [1.165, 1.54) is 0 Å². The molecule has 4 nitrogen and oxygen atoms in total. The van der Waals surface area contributed by atoms with E-state index < -0.39 is 0 Å². The molecule has 2 rings (SSSR count). The number of cyclic esters (lactones) is 1. The van der Waals surface area contributed by atoms with Crippen LogP contribution in [0.1, 0.15) is 11.1 Å². The van der Waals surface area contributed by atoms with Crippen molar-refractivity contribution in [3.8, 4) is 0 Å². The van der Waals surface area contributed by atoms with E-state index in [9.17, 15) is 4.79 Å². The van der Waals surface area contributed by atoms with Gasteiger partial charge < -0.3 is 10.5 Å². The molecule has 0 bridgehead atoms. The predicted octanol–water partition coefficient (Wildman–Crippen LogP) is 1.41. The lowest BCUT2D eigenvalue weighted by molar-refractivity contribution is 0.181. The lowest BCUT2D eigenvalue weighted by atomic mass is 10.1. The Morgan fingerprint density at radius 3 is 2.93 bits per heavy atom. The molecule has 1 aliphatic heterocycles. The van der Waals surface area contributed by atoms with Gasteiger partial charge in [-0.25, -0.2) is 4.79 Å². The van der Waals surface area contributed by atoms with Gasteiger partial charge in [0, 0.05) is 6.54 Å². The van der Waals surface area contributed by atoms with E-state index in [0.29, 0.717) is 19.7 Å². The number of carbonyl (C=O) groups excluding carboxylic acids is 1. The highest BCUT2D eigenvalue weighted by molar-refractivity contribution is 5.90. The zero-order chi connectivity index (χ0) is 10.8. The van der Waals surface area contributed by atoms with Gasteiger partial charge >= 0.3 is 6.09 Å². The van der Waals surface area contributed by atoms with Crippen LogP contribution in [-0.2, 0) is 11.3 Å². The number of nitrogens with two attached hydrogens (primary N) is 1. The Balaban J connectivity index is 2.37. The van der Waals surface area contributed by atoms with Gasteiger partial charge in [-0.05, 0) is 24.1 Å². The van der Waals surface area contributed by atoms with Crippen LogP contribution >= 0.6 is 0 Å². The van der Waals surface area contributed by atoms with E-state index in [0.717, 1.165) is 16.8 Å². The molecule has 1 amide bonds. The highest BCUT2D eigenvalue weighted by Gasteiger charge is 2.24. The van der Waals surface area contributed by atoms with Crippen LogP contribution in [0.3, 0.4) is 0 Å². The summed E-state index contributed by atoms with van der Waals surface area (Å²) >= 11 is 0. The molecule has 4 heteroatoms. The van der Waals surface area contributed by atoms with Gasteiger partial charge in [-0.15, -0.1) is 0 Å². The third-order valence-corrected chi connectivity index (χ3v) is 2.56. The Hall–Kier alpha value is -1.55. The topological polar surface area (TPSA) is 55.6 Å². The summed E-state index contributed by atoms with van der Waals surface area (Å²) in [6.07, 6.45) is -0.271. The largest absolute Gasteiger partial charge is 0.447 e. The van der Waals surface area contributed by atoms with Crippen molar-refractivity contribution in [2.45, 2.75) is 13.5 Å². The normalized spacial score (nSPS) is 15.6. The predicted molar refractivity (Wildman–Crippen MR) is 57.8 cm³/mol. The molecule has 1 aliphatic rings. The van der Waals surface area contributed by atoms with Crippen molar-refractivity contribution in [3.63, 3.8) is 0 Å². The van der Waals surface area contributed by atoms with Gasteiger partial charge in [0.05, 0.1) is 12.2 Å². The highest BCUT2D eigenvalue weighted by Crippen LogP contribution is 2.24. The molecule has 2 N–H and O–H groups in total. The molecule has 0 atom stereocenters. The number of anilines is 1. The third-order valence-electron chi connectivity index (χ3n) is 2.56. The van der Waals surface area contributed by atoms with Gasteiger partial charge in [0.1, 0.15) is 6.61 Å². The first-order chi connectivity index (χ1) is 7.22. The number of hydrogen-bond acceptors (Lipinski definition) is 3. The number of amides is 1. The van der Waals surface area contributed by atoms with E-state index in [4.69, 9.17) is 10.5 Å². The van der Waals surface area contributed by atoms with Crippen molar-refractivity contribution >= 4 is 11.8 Å². The number of hydrogen-bond donors (Lipinski definition) is 1. The van der Waals surface area contributed by atoms with Crippen molar-refractivity contribution in [3.05, 3.63) is 29.3 Å². The maximum Gasteiger partial charge on any atom is 0.414 e. The van der Waals surface area contributed by atoms with Crippen LogP contribution in [0.2, 0.25) is 0 Å². The van der Waals surface area contributed by atoms with Gasteiger partial charge in [-0.3, -0.25) is 4.90 Å². The quantitative estimate of drug-likeness (QED) is 0.796. The summed E-state index contributed by atoms with van der Waals surface area (Å²) in [4.78, 5) is 13.0. The number of carbonyl (C=O) groups is 1. The lowest BCUT2D eigenvalue weighted by Crippen LogP contribution is -2.24. The molecule has 15 heavy (non-hydrogen) atoms. The maximum atomic E-state index is 11.4. The molecule has 1 saturated heterocycles. The number of nitrogens with zero attached hydrogens (tertiary/aromatic N) is 1. The molecule has 80 valence electrons. The van der Waals surface area contributed by atoms with E-state index in [1.54, 1.807) is 4.90 Å². The Bertz CT molecular complexity index is 390. The van der Waals surface area contributed by atoms with Crippen molar-refractivity contribution < 1.29 is 9.53 Å². The minimum atomic E-state index is -0.271. The van der Waals surface area contributed by atoms with Gasteiger partial charge in [-0.1, -0.05) is 12.1 Å². The van der Waals surface area contributed by atoms with Crippen LogP contribution < -0.4 is 10.6 Å². The molecular weight excluding hydrogens is 192 g/mol. The standard InChI is InChI=1S/C11H14N2O2/c1-8-2-3-9(7-12)6-10(8)13-4-5-15-11(13)14/h2-3,6H,4-5,7,12H2,1H3. The molecule has 0 unspecified atom stereocenters. The monoisotopic (exact) mass is 206 g/mol. The first kappa shape index (κ1) is 9.98. The minimum Gasteiger partial charge on any atom is -0.447 e. The van der Waals surface area contributed by atoms with Crippen LogP contribution in [0.25, 0.3) is 0 Å². The molecule has 1 aromatic rings. The van der Waals surface area contributed by atoms with Crippen molar-refractivity contribution in [2.75, 3.05) is 18.1 Å². The SMILES string of the molecule is Cc1ccc(CN)cc1N1CCOC1=O. The van der Waals surface area contributed by atoms with Crippen LogP contribution in [-0.4, -0.2) is 19.2 Å². The van der Waals surface area contributed by atoms with Gasteiger partial charge in [0.2, 0.25) is 0 Å². The average Bonchev–Trinajstić information content (AvgIpc) is 2.65. The number of rotatable bonds is 2. The van der Waals surface area contributed by atoms with Gasteiger partial charge in [0.15, 0.2) is 0 Å². The summed E-state index contributed by atoms with van der Waals surface area (Å²) in [7, 11) is 0. The first-order valence-corrected chi connectivity index (χ1v) is 4.96. The van der Waals surface area contributed by atoms with Crippen LogP contribution in [0.15, 0.2) is 18.2 Å². The Morgan fingerprint density at radius 2 is 2.33 bits per heavy atom. The first-order valence-electron chi connectivity index (χ1n) is 4.96. The number of aryl methyl sites for hydroxylation is 1. The molecule has 0 aromatic heterocycles. The lowest BCUT2D eigenvalue weighted by Gasteiger charge is -2.16. The second kappa shape index (κ2) is 3.90.